The standard InChI is InChI=1S/C11H8N4O3/c12-7-9-6-10(15(17)18)8-14-11(9)13-4-2-1-3-5-16/h1-6,8H,(H,13,14)/b3-1+,4-2+. The van der Waals surface area contributed by atoms with Crippen molar-refractivity contribution in [3.63, 3.8) is 0 Å². The molecule has 1 aromatic rings. The van der Waals surface area contributed by atoms with Gasteiger partial charge < -0.3 is 5.32 Å². The summed E-state index contributed by atoms with van der Waals surface area (Å²) >= 11 is 0. The van der Waals surface area contributed by atoms with E-state index in [4.69, 9.17) is 5.26 Å². The SMILES string of the molecule is N#Cc1cc([N+](=O)[O-])cnc1N/C=C/C=C/C=O. The number of hydrogen-bond donors (Lipinski definition) is 1. The number of anilines is 1. The zero-order valence-electron chi connectivity index (χ0n) is 9.11. The van der Waals surface area contributed by atoms with Crippen LogP contribution >= 0.6 is 0 Å². The topological polar surface area (TPSA) is 109 Å². The van der Waals surface area contributed by atoms with Gasteiger partial charge in [0.2, 0.25) is 0 Å². The summed E-state index contributed by atoms with van der Waals surface area (Å²) in [6.45, 7) is 0. The van der Waals surface area contributed by atoms with E-state index in [1.165, 1.54) is 24.4 Å². The summed E-state index contributed by atoms with van der Waals surface area (Å²) in [4.78, 5) is 23.6. The Morgan fingerprint density at radius 2 is 2.22 bits per heavy atom. The number of aromatic nitrogens is 1. The van der Waals surface area contributed by atoms with Gasteiger partial charge in [-0.05, 0) is 12.2 Å². The minimum atomic E-state index is -0.625. The first-order valence-corrected chi connectivity index (χ1v) is 4.77. The van der Waals surface area contributed by atoms with Crippen molar-refractivity contribution in [1.82, 2.24) is 4.98 Å². The van der Waals surface area contributed by atoms with Crippen LogP contribution in [0.4, 0.5) is 11.5 Å². The van der Waals surface area contributed by atoms with Crippen LogP contribution in [0.25, 0.3) is 0 Å². The van der Waals surface area contributed by atoms with E-state index in [1.807, 2.05) is 0 Å². The smallest absolute Gasteiger partial charge is 0.289 e. The molecule has 0 radical (unpaired) electrons. The van der Waals surface area contributed by atoms with E-state index in [0.717, 1.165) is 12.3 Å². The third kappa shape index (κ3) is 3.53. The Balaban J connectivity index is 2.87. The van der Waals surface area contributed by atoms with Crippen LogP contribution in [-0.4, -0.2) is 16.2 Å². The summed E-state index contributed by atoms with van der Waals surface area (Å²) in [5.41, 5.74) is -0.185. The molecule has 0 spiro atoms. The van der Waals surface area contributed by atoms with Crippen molar-refractivity contribution in [1.29, 1.82) is 5.26 Å². The molecule has 1 rings (SSSR count). The third-order valence-corrected chi connectivity index (χ3v) is 1.82. The number of rotatable bonds is 5. The average Bonchev–Trinajstić information content (AvgIpc) is 2.38. The van der Waals surface area contributed by atoms with Crippen LogP contribution in [0.1, 0.15) is 5.56 Å². The molecular formula is C11H8N4O3. The van der Waals surface area contributed by atoms with Gasteiger partial charge in [0.1, 0.15) is 29.9 Å². The van der Waals surface area contributed by atoms with E-state index in [2.05, 4.69) is 10.3 Å². The fourth-order valence-electron chi connectivity index (χ4n) is 1.05. The van der Waals surface area contributed by atoms with E-state index >= 15 is 0 Å². The quantitative estimate of drug-likeness (QED) is 0.276. The molecule has 0 atom stereocenters. The van der Waals surface area contributed by atoms with E-state index < -0.39 is 4.92 Å². The molecule has 0 saturated carbocycles. The predicted molar refractivity (Wildman–Crippen MR) is 63.6 cm³/mol. The van der Waals surface area contributed by atoms with Crippen LogP contribution in [0.5, 0.6) is 0 Å². The number of nitro groups is 1. The third-order valence-electron chi connectivity index (χ3n) is 1.82. The summed E-state index contributed by atoms with van der Waals surface area (Å²) in [6.07, 6.45) is 7.42. The van der Waals surface area contributed by atoms with Crippen LogP contribution in [0.3, 0.4) is 0 Å². The molecular weight excluding hydrogens is 236 g/mol. The highest BCUT2D eigenvalue weighted by Crippen LogP contribution is 2.17. The van der Waals surface area contributed by atoms with Gasteiger partial charge in [0.25, 0.3) is 5.69 Å². The zero-order chi connectivity index (χ0) is 13.4. The average molecular weight is 244 g/mol. The van der Waals surface area contributed by atoms with Crippen molar-refractivity contribution in [2.75, 3.05) is 5.32 Å². The van der Waals surface area contributed by atoms with Crippen LogP contribution in [0.2, 0.25) is 0 Å². The summed E-state index contributed by atoms with van der Waals surface area (Å²) in [5.74, 6) is 0.207. The fourth-order valence-corrected chi connectivity index (χ4v) is 1.05. The second-order valence-corrected chi connectivity index (χ2v) is 2.98. The van der Waals surface area contributed by atoms with Gasteiger partial charge in [-0.15, -0.1) is 0 Å². The Morgan fingerprint density at radius 1 is 1.44 bits per heavy atom. The first-order chi connectivity index (χ1) is 8.69. The van der Waals surface area contributed by atoms with Crippen molar-refractivity contribution < 1.29 is 9.72 Å². The number of nitrogens with zero attached hydrogens (tertiary/aromatic N) is 3. The number of nitriles is 1. The molecule has 0 saturated heterocycles. The van der Waals surface area contributed by atoms with Gasteiger partial charge in [0.15, 0.2) is 0 Å². The molecule has 0 amide bonds. The van der Waals surface area contributed by atoms with Gasteiger partial charge in [-0.1, -0.05) is 6.08 Å². The lowest BCUT2D eigenvalue weighted by atomic mass is 10.2. The summed E-state index contributed by atoms with van der Waals surface area (Å²) < 4.78 is 0. The number of nitrogens with one attached hydrogen (secondary N) is 1. The first kappa shape index (κ1) is 13.1. The number of aldehydes is 1. The molecule has 1 heterocycles. The van der Waals surface area contributed by atoms with Gasteiger partial charge in [0, 0.05) is 12.3 Å². The van der Waals surface area contributed by atoms with E-state index in [9.17, 15) is 14.9 Å². The number of carbonyl (C=O) groups is 1. The highest BCUT2D eigenvalue weighted by atomic mass is 16.6. The molecule has 18 heavy (non-hydrogen) atoms. The van der Waals surface area contributed by atoms with Crippen molar-refractivity contribution in [3.05, 3.63) is 52.4 Å². The molecule has 0 unspecified atom stereocenters. The Hall–Kier alpha value is -3.01. The van der Waals surface area contributed by atoms with Crippen molar-refractivity contribution >= 4 is 17.8 Å². The first-order valence-electron chi connectivity index (χ1n) is 4.77. The largest absolute Gasteiger partial charge is 0.346 e. The monoisotopic (exact) mass is 244 g/mol. The van der Waals surface area contributed by atoms with E-state index in [-0.39, 0.29) is 17.1 Å². The molecule has 0 fully saturated rings. The number of pyridine rings is 1. The minimum Gasteiger partial charge on any atom is -0.346 e. The lowest BCUT2D eigenvalue weighted by Crippen LogP contribution is -1.97. The second-order valence-electron chi connectivity index (χ2n) is 2.98. The molecule has 90 valence electrons. The summed E-state index contributed by atoms with van der Waals surface area (Å²) in [7, 11) is 0. The van der Waals surface area contributed by atoms with Crippen molar-refractivity contribution in [3.8, 4) is 6.07 Å². The van der Waals surface area contributed by atoms with Gasteiger partial charge >= 0.3 is 0 Å². The minimum absolute atomic E-state index is 0.0632. The highest BCUT2D eigenvalue weighted by molar-refractivity contribution is 5.65. The number of carbonyl (C=O) groups excluding carboxylic acids is 1. The van der Waals surface area contributed by atoms with Crippen molar-refractivity contribution in [2.24, 2.45) is 0 Å². The number of hydrogen-bond acceptors (Lipinski definition) is 6. The molecule has 0 aliphatic heterocycles. The molecule has 1 N–H and O–H groups in total. The Kier molecular flexibility index (Phi) is 4.75. The Labute approximate surface area is 102 Å². The zero-order valence-corrected chi connectivity index (χ0v) is 9.11. The van der Waals surface area contributed by atoms with Crippen LogP contribution in [-0.2, 0) is 4.79 Å². The Bertz CT molecular complexity index is 558. The van der Waals surface area contributed by atoms with E-state index in [0.29, 0.717) is 6.29 Å². The maximum absolute atomic E-state index is 10.5. The van der Waals surface area contributed by atoms with Gasteiger partial charge in [-0.3, -0.25) is 14.9 Å². The van der Waals surface area contributed by atoms with Gasteiger partial charge in [-0.25, -0.2) is 4.98 Å². The highest BCUT2D eigenvalue weighted by Gasteiger charge is 2.10. The normalized spacial score (nSPS) is 10.4. The van der Waals surface area contributed by atoms with E-state index in [1.54, 1.807) is 6.07 Å². The molecule has 0 aromatic carbocycles. The summed E-state index contributed by atoms with van der Waals surface area (Å²) in [5, 5.41) is 22.0. The van der Waals surface area contributed by atoms with Gasteiger partial charge in [0.05, 0.1) is 4.92 Å². The Morgan fingerprint density at radius 3 is 2.83 bits per heavy atom. The molecule has 1 aromatic heterocycles. The van der Waals surface area contributed by atoms with Crippen LogP contribution < -0.4 is 5.32 Å². The molecule has 0 aliphatic carbocycles. The lowest BCUT2D eigenvalue weighted by Gasteiger charge is -2.01. The molecule has 7 nitrogen and oxygen atoms in total. The van der Waals surface area contributed by atoms with Crippen LogP contribution in [0.15, 0.2) is 36.7 Å². The van der Waals surface area contributed by atoms with Crippen LogP contribution in [0, 0.1) is 21.4 Å². The van der Waals surface area contributed by atoms with Gasteiger partial charge in [-0.2, -0.15) is 5.26 Å². The number of allylic oxidation sites excluding steroid dienone is 3. The predicted octanol–water partition coefficient (Wildman–Crippen LogP) is 1.54. The fraction of sp³-hybridized carbons (Fsp3) is 0. The molecule has 0 bridgehead atoms. The summed E-state index contributed by atoms with van der Waals surface area (Å²) in [6, 6.07) is 2.93. The lowest BCUT2D eigenvalue weighted by molar-refractivity contribution is -0.385. The molecule has 7 heteroatoms. The maximum atomic E-state index is 10.5. The maximum Gasteiger partial charge on any atom is 0.289 e. The van der Waals surface area contributed by atoms with Crippen molar-refractivity contribution in [2.45, 2.75) is 0 Å². The molecule has 0 aliphatic rings. The second kappa shape index (κ2) is 6.55.